The van der Waals surface area contributed by atoms with Crippen molar-refractivity contribution in [3.63, 3.8) is 0 Å². The topological polar surface area (TPSA) is 0 Å². The molecule has 0 saturated heterocycles. The molecule has 0 fully saturated rings. The highest BCUT2D eigenvalue weighted by Crippen LogP contribution is 2.22. The Labute approximate surface area is 352 Å². The quantitative estimate of drug-likeness (QED) is 0.0328. The zero-order valence-corrected chi connectivity index (χ0v) is 42.1. The lowest BCUT2D eigenvalue weighted by Crippen LogP contribution is -1.89. The molecule has 0 radical (unpaired) electrons. The lowest BCUT2D eigenvalue weighted by Gasteiger charge is -2.09. The van der Waals surface area contributed by atoms with E-state index in [9.17, 15) is 0 Å². The lowest BCUT2D eigenvalue weighted by atomic mass is 9.98. The first-order valence-electron chi connectivity index (χ1n) is 25.1. The predicted molar refractivity (Wildman–Crippen MR) is 266 cm³/mol. The lowest BCUT2D eigenvalue weighted by molar-refractivity contribution is 0.580. The van der Waals surface area contributed by atoms with E-state index < -0.39 is 0 Å². The van der Waals surface area contributed by atoms with Crippen LogP contribution in [0.4, 0.5) is 0 Å². The van der Waals surface area contributed by atoms with E-state index in [1.165, 1.54) is 270 Å². The average Bonchev–Trinajstić information content (AvgIpc) is 3.16. The highest BCUT2D eigenvalue weighted by atomic mass is 31.0. The zero-order valence-electron chi connectivity index (χ0n) is 39.3. The zero-order chi connectivity index (χ0) is 38.3. The molecular formula is C52H110P2. The van der Waals surface area contributed by atoms with Crippen LogP contribution < -0.4 is 0 Å². The van der Waals surface area contributed by atoms with E-state index in [0.29, 0.717) is 0 Å². The molecule has 0 bridgehead atoms. The van der Waals surface area contributed by atoms with Gasteiger partial charge in [-0.15, -0.1) is 0 Å². The smallest absolute Gasteiger partial charge is 0.0320 e. The molecule has 2 atom stereocenters. The first-order chi connectivity index (χ1) is 25.7. The van der Waals surface area contributed by atoms with Gasteiger partial charge in [0.25, 0.3) is 0 Å². The van der Waals surface area contributed by atoms with Gasteiger partial charge >= 0.3 is 0 Å². The van der Waals surface area contributed by atoms with Crippen LogP contribution in [-0.2, 0) is 0 Å². The summed E-state index contributed by atoms with van der Waals surface area (Å²) in [6.45, 7) is 13.8. The maximum Gasteiger partial charge on any atom is -0.0320 e. The maximum atomic E-state index is 2.64. The predicted octanol–water partition coefficient (Wildman–Crippen LogP) is 20.4. The van der Waals surface area contributed by atoms with Gasteiger partial charge in [-0.3, -0.25) is 0 Å². The Balaban J connectivity index is -0.000000446. The Bertz CT molecular complexity index is 586. The molecular weight excluding hydrogens is 687 g/mol. The Morgan fingerprint density at radius 1 is 0.222 bits per heavy atom. The van der Waals surface area contributed by atoms with Crippen LogP contribution >= 0.6 is 19.8 Å². The highest BCUT2D eigenvalue weighted by Gasteiger charge is 2.02. The molecule has 0 heterocycles. The van der Waals surface area contributed by atoms with Crippen LogP contribution in [0.2, 0.25) is 0 Å². The van der Waals surface area contributed by atoms with Crippen molar-refractivity contribution in [1.29, 1.82) is 0 Å². The molecule has 328 valence electrons. The summed E-state index contributed by atoms with van der Waals surface area (Å²) in [5.74, 6) is 0. The van der Waals surface area contributed by atoms with Crippen molar-refractivity contribution in [2.45, 2.75) is 311 Å². The monoisotopic (exact) mass is 797 g/mol. The highest BCUT2D eigenvalue weighted by molar-refractivity contribution is 6.92. The van der Waals surface area contributed by atoms with Gasteiger partial charge in [0.2, 0.25) is 0 Å². The van der Waals surface area contributed by atoms with E-state index in [1.807, 2.05) is 0 Å². The minimum absolute atomic E-state index is 0. The van der Waals surface area contributed by atoms with E-state index in [2.05, 4.69) is 53.7 Å². The third-order valence-corrected chi connectivity index (χ3v) is 11.4. The van der Waals surface area contributed by atoms with Crippen molar-refractivity contribution in [1.82, 2.24) is 0 Å². The average molecular weight is 797 g/mol. The summed E-state index contributed by atoms with van der Waals surface area (Å²) >= 11 is 0. The van der Waals surface area contributed by atoms with Crippen LogP contribution in [0.1, 0.15) is 311 Å². The Hall–Kier alpha value is 0.340. The summed E-state index contributed by atoms with van der Waals surface area (Å²) < 4.78 is 0. The normalized spacial score (nSPS) is 10.6. The number of hydrogen-bond donors (Lipinski definition) is 0. The van der Waals surface area contributed by atoms with E-state index in [0.717, 1.165) is 0 Å². The van der Waals surface area contributed by atoms with Gasteiger partial charge in [-0.2, -0.15) is 19.8 Å². The number of unbranched alkanes of at least 4 members (excludes halogenated alkanes) is 32. The third kappa shape index (κ3) is 54.4. The molecule has 0 aromatic heterocycles. The summed E-state index contributed by atoms with van der Waals surface area (Å²) in [6.07, 6.45) is 64.9. The van der Waals surface area contributed by atoms with Crippen LogP contribution in [0, 0.1) is 0 Å². The molecule has 0 aliphatic carbocycles. The SMILES string of the molecule is CCCCCCCCC=C(CCCCCCCC)CCCCCCCC.CCCCCCCCC=C(CCCCCCCC)CCCCCCCC.P.P. The Morgan fingerprint density at radius 2 is 0.389 bits per heavy atom. The molecule has 2 unspecified atom stereocenters. The van der Waals surface area contributed by atoms with Gasteiger partial charge in [-0.05, 0) is 77.0 Å². The number of rotatable bonds is 42. The molecule has 0 rings (SSSR count). The minimum atomic E-state index is 0. The van der Waals surface area contributed by atoms with Gasteiger partial charge in [0.15, 0.2) is 0 Å². The summed E-state index contributed by atoms with van der Waals surface area (Å²) in [4.78, 5) is 0. The summed E-state index contributed by atoms with van der Waals surface area (Å²) in [5, 5.41) is 0. The molecule has 2 heteroatoms. The van der Waals surface area contributed by atoms with Crippen LogP contribution in [-0.4, -0.2) is 0 Å². The van der Waals surface area contributed by atoms with Crippen molar-refractivity contribution < 1.29 is 0 Å². The fraction of sp³-hybridized carbons (Fsp3) is 0.923. The van der Waals surface area contributed by atoms with Crippen LogP contribution in [0.5, 0.6) is 0 Å². The Kier molecular flexibility index (Phi) is 65.1. The van der Waals surface area contributed by atoms with Crippen LogP contribution in [0.3, 0.4) is 0 Å². The largest absolute Gasteiger partial charge is 0.153 e. The standard InChI is InChI=1S/2C26H52.2H3P/c2*1-4-7-10-13-16-19-22-25-26(23-20-17-14-11-8-5-2)24-21-18-15-12-9-6-3;;/h2*25H,4-24H2,1-3H3;2*1H3. The molecule has 0 aliphatic rings. The van der Waals surface area contributed by atoms with E-state index in [-0.39, 0.29) is 19.8 Å². The van der Waals surface area contributed by atoms with Gasteiger partial charge in [-0.1, -0.05) is 257 Å². The van der Waals surface area contributed by atoms with E-state index in [4.69, 9.17) is 0 Å². The second-order valence-electron chi connectivity index (χ2n) is 16.9. The van der Waals surface area contributed by atoms with E-state index >= 15 is 0 Å². The third-order valence-electron chi connectivity index (χ3n) is 11.4. The van der Waals surface area contributed by atoms with Gasteiger partial charge in [0.05, 0.1) is 0 Å². The molecule has 0 nitrogen and oxygen atoms in total. The summed E-state index contributed by atoms with van der Waals surface area (Å²) in [7, 11) is 0. The van der Waals surface area contributed by atoms with Crippen LogP contribution in [0.25, 0.3) is 0 Å². The van der Waals surface area contributed by atoms with Crippen LogP contribution in [0.15, 0.2) is 23.3 Å². The van der Waals surface area contributed by atoms with Gasteiger partial charge in [0.1, 0.15) is 0 Å². The minimum Gasteiger partial charge on any atom is -0.153 e. The number of allylic oxidation sites excluding steroid dienone is 4. The van der Waals surface area contributed by atoms with Crippen molar-refractivity contribution in [2.75, 3.05) is 0 Å². The summed E-state index contributed by atoms with van der Waals surface area (Å²) in [5.41, 5.74) is 3.59. The van der Waals surface area contributed by atoms with Gasteiger partial charge in [0, 0.05) is 0 Å². The molecule has 0 saturated carbocycles. The number of hydrogen-bond acceptors (Lipinski definition) is 0. The second kappa shape index (κ2) is 57.7. The fourth-order valence-electron chi connectivity index (χ4n) is 7.65. The van der Waals surface area contributed by atoms with Crippen molar-refractivity contribution >= 4 is 19.8 Å². The van der Waals surface area contributed by atoms with Crippen molar-refractivity contribution in [2.24, 2.45) is 0 Å². The van der Waals surface area contributed by atoms with E-state index in [1.54, 1.807) is 11.1 Å². The molecule has 54 heavy (non-hydrogen) atoms. The molecule has 0 aromatic rings. The first kappa shape index (κ1) is 61.0. The molecule has 0 aromatic carbocycles. The van der Waals surface area contributed by atoms with Crippen molar-refractivity contribution in [3.8, 4) is 0 Å². The molecule has 0 amide bonds. The van der Waals surface area contributed by atoms with Crippen molar-refractivity contribution in [3.05, 3.63) is 23.3 Å². The maximum absolute atomic E-state index is 2.64. The summed E-state index contributed by atoms with van der Waals surface area (Å²) in [6, 6.07) is 0. The van der Waals surface area contributed by atoms with Gasteiger partial charge in [-0.25, -0.2) is 0 Å². The Morgan fingerprint density at radius 3 is 0.593 bits per heavy atom. The van der Waals surface area contributed by atoms with Gasteiger partial charge < -0.3 is 0 Å². The molecule has 0 spiro atoms. The first-order valence-corrected chi connectivity index (χ1v) is 25.1. The second-order valence-corrected chi connectivity index (χ2v) is 16.9. The fourth-order valence-corrected chi connectivity index (χ4v) is 7.65. The molecule has 0 aliphatic heterocycles. The molecule has 0 N–H and O–H groups in total.